The SMILES string of the molecule is NC(=O)CCC(NC(=O)C(CCCN=C(N)N)NC(=O)C(N)Cc1c[nH]c2ccccc12)C(=O)NC(CC(N)=O)C(=O)O. The largest absolute Gasteiger partial charge is 0.480 e. The molecule has 43 heavy (non-hydrogen) atoms. The molecule has 2 aromatic rings. The second-order valence-corrected chi connectivity index (χ2v) is 9.82. The maximum absolute atomic E-state index is 13.3. The van der Waals surface area contributed by atoms with Crippen molar-refractivity contribution in [1.82, 2.24) is 20.9 Å². The summed E-state index contributed by atoms with van der Waals surface area (Å²) in [5.74, 6) is -5.98. The van der Waals surface area contributed by atoms with Crippen LogP contribution >= 0.6 is 0 Å². The van der Waals surface area contributed by atoms with Crippen LogP contribution in [-0.2, 0) is 35.2 Å². The first-order valence-electron chi connectivity index (χ1n) is 13.3. The molecule has 0 bridgehead atoms. The van der Waals surface area contributed by atoms with Gasteiger partial charge in [-0.15, -0.1) is 0 Å². The summed E-state index contributed by atoms with van der Waals surface area (Å²) in [6.45, 7) is 0.127. The number of aromatic nitrogens is 1. The van der Waals surface area contributed by atoms with E-state index in [1.54, 1.807) is 6.20 Å². The molecule has 234 valence electrons. The standard InChI is InChI=1S/C26H38N10O7/c27-15(10-13-12-33-16-5-2-1-4-14(13)16)22(39)34-17(6-3-9-32-26(30)31)23(40)35-18(7-8-20(28)37)24(41)36-19(25(42)43)11-21(29)38/h1-2,4-5,12,15,17-19,33H,3,6-11,27H2,(H2,28,37)(H2,29,38)(H,34,39)(H,35,40)(H,36,41)(H,42,43)(H4,30,31,32). The van der Waals surface area contributed by atoms with E-state index in [9.17, 15) is 33.9 Å². The van der Waals surface area contributed by atoms with Crippen molar-refractivity contribution in [2.45, 2.75) is 62.7 Å². The number of carbonyl (C=O) groups is 6. The van der Waals surface area contributed by atoms with E-state index in [0.717, 1.165) is 16.5 Å². The van der Waals surface area contributed by atoms with Crippen LogP contribution in [0.25, 0.3) is 10.9 Å². The maximum atomic E-state index is 13.3. The summed E-state index contributed by atoms with van der Waals surface area (Å²) >= 11 is 0. The van der Waals surface area contributed by atoms with Crippen molar-refractivity contribution in [2.24, 2.45) is 33.7 Å². The first-order chi connectivity index (χ1) is 20.3. The Morgan fingerprint density at radius 3 is 2.05 bits per heavy atom. The summed E-state index contributed by atoms with van der Waals surface area (Å²) in [4.78, 5) is 80.4. The molecular weight excluding hydrogens is 564 g/mol. The van der Waals surface area contributed by atoms with Gasteiger partial charge in [0.25, 0.3) is 0 Å². The van der Waals surface area contributed by atoms with Crippen LogP contribution in [-0.4, -0.2) is 82.3 Å². The Kier molecular flexibility index (Phi) is 12.9. The van der Waals surface area contributed by atoms with Gasteiger partial charge in [-0.1, -0.05) is 18.2 Å². The number of benzene rings is 1. The van der Waals surface area contributed by atoms with Gasteiger partial charge in [-0.25, -0.2) is 4.79 Å². The van der Waals surface area contributed by atoms with E-state index in [0.29, 0.717) is 0 Å². The molecule has 17 heteroatoms. The molecule has 2 rings (SSSR count). The molecule has 15 N–H and O–H groups in total. The number of hydrogen-bond donors (Lipinski definition) is 10. The average Bonchev–Trinajstić information content (AvgIpc) is 3.33. The third kappa shape index (κ3) is 11.3. The molecule has 4 unspecified atom stereocenters. The lowest BCUT2D eigenvalue weighted by molar-refractivity contribution is -0.144. The number of nitrogens with zero attached hydrogens (tertiary/aromatic N) is 1. The number of carbonyl (C=O) groups excluding carboxylic acids is 5. The van der Waals surface area contributed by atoms with Crippen LogP contribution in [0.15, 0.2) is 35.5 Å². The van der Waals surface area contributed by atoms with E-state index in [4.69, 9.17) is 28.7 Å². The number of nitrogens with two attached hydrogens (primary N) is 5. The smallest absolute Gasteiger partial charge is 0.326 e. The lowest BCUT2D eigenvalue weighted by Gasteiger charge is -2.25. The highest BCUT2D eigenvalue weighted by atomic mass is 16.4. The summed E-state index contributed by atoms with van der Waals surface area (Å²) in [5.41, 5.74) is 28.8. The second kappa shape index (κ2) is 16.3. The number of rotatable bonds is 18. The molecule has 0 saturated heterocycles. The number of carboxylic acids is 1. The molecule has 0 spiro atoms. The highest BCUT2D eigenvalue weighted by Gasteiger charge is 2.31. The maximum Gasteiger partial charge on any atom is 0.326 e. The van der Waals surface area contributed by atoms with E-state index in [1.807, 2.05) is 24.3 Å². The number of aromatic amines is 1. The van der Waals surface area contributed by atoms with Crippen LogP contribution in [0.2, 0.25) is 0 Å². The van der Waals surface area contributed by atoms with Crippen molar-refractivity contribution < 1.29 is 33.9 Å². The van der Waals surface area contributed by atoms with Crippen LogP contribution in [0.5, 0.6) is 0 Å². The van der Waals surface area contributed by atoms with Crippen molar-refractivity contribution in [3.05, 3.63) is 36.0 Å². The van der Waals surface area contributed by atoms with Crippen molar-refractivity contribution in [1.29, 1.82) is 0 Å². The molecule has 17 nitrogen and oxygen atoms in total. The van der Waals surface area contributed by atoms with Gasteiger partial charge in [0, 0.05) is 30.1 Å². The van der Waals surface area contributed by atoms with Crippen molar-refractivity contribution in [3.8, 4) is 0 Å². The van der Waals surface area contributed by atoms with Gasteiger partial charge in [0.15, 0.2) is 5.96 Å². The molecule has 0 radical (unpaired) electrons. The zero-order chi connectivity index (χ0) is 32.1. The number of aliphatic carboxylic acids is 1. The average molecular weight is 603 g/mol. The minimum absolute atomic E-state index is 0.0255. The molecule has 1 heterocycles. The monoisotopic (exact) mass is 602 g/mol. The predicted molar refractivity (Wildman–Crippen MR) is 156 cm³/mol. The number of fused-ring (bicyclic) bond motifs is 1. The van der Waals surface area contributed by atoms with Crippen molar-refractivity contribution in [3.63, 3.8) is 0 Å². The lowest BCUT2D eigenvalue weighted by atomic mass is 10.0. The number of para-hydroxylation sites is 1. The molecule has 0 aliphatic rings. The summed E-state index contributed by atoms with van der Waals surface area (Å²) in [6.07, 6.45) is 0.798. The van der Waals surface area contributed by atoms with Gasteiger partial charge in [-0.05, 0) is 37.3 Å². The second-order valence-electron chi connectivity index (χ2n) is 9.82. The van der Waals surface area contributed by atoms with Crippen molar-refractivity contribution in [2.75, 3.05) is 6.54 Å². The van der Waals surface area contributed by atoms with Gasteiger partial charge in [0.05, 0.1) is 12.5 Å². The summed E-state index contributed by atoms with van der Waals surface area (Å²) < 4.78 is 0. The summed E-state index contributed by atoms with van der Waals surface area (Å²) in [5, 5.41) is 17.3. The third-order valence-corrected chi connectivity index (χ3v) is 6.36. The Balaban J connectivity index is 2.20. The minimum Gasteiger partial charge on any atom is -0.480 e. The van der Waals surface area contributed by atoms with Gasteiger partial charge >= 0.3 is 5.97 Å². The normalized spacial score (nSPS) is 13.6. The number of primary amides is 2. The van der Waals surface area contributed by atoms with Crippen molar-refractivity contribution >= 4 is 52.4 Å². The van der Waals surface area contributed by atoms with E-state index >= 15 is 0 Å². The van der Waals surface area contributed by atoms with Crippen LogP contribution in [0, 0.1) is 0 Å². The molecule has 1 aromatic heterocycles. The fourth-order valence-electron chi connectivity index (χ4n) is 4.18. The minimum atomic E-state index is -1.68. The van der Waals surface area contributed by atoms with Crippen LogP contribution in [0.1, 0.15) is 37.7 Å². The molecule has 4 atom stereocenters. The molecular formula is C26H38N10O7. The Morgan fingerprint density at radius 2 is 1.44 bits per heavy atom. The Hall–Kier alpha value is -5.19. The zero-order valence-corrected chi connectivity index (χ0v) is 23.4. The first-order valence-corrected chi connectivity index (χ1v) is 13.3. The van der Waals surface area contributed by atoms with Gasteiger partial charge in [-0.3, -0.25) is 29.0 Å². The quantitative estimate of drug-likeness (QED) is 0.0462. The third-order valence-electron chi connectivity index (χ3n) is 6.36. The van der Waals surface area contributed by atoms with Gasteiger partial charge in [-0.2, -0.15) is 0 Å². The van der Waals surface area contributed by atoms with E-state index in [-0.39, 0.29) is 44.6 Å². The highest BCUT2D eigenvalue weighted by molar-refractivity contribution is 5.95. The number of guanidine groups is 1. The topological polar surface area (TPSA) is 317 Å². The van der Waals surface area contributed by atoms with Crippen LogP contribution in [0.3, 0.4) is 0 Å². The first kappa shape index (κ1) is 34.0. The molecule has 0 aliphatic heterocycles. The Bertz CT molecular complexity index is 1350. The molecule has 5 amide bonds. The van der Waals surface area contributed by atoms with Gasteiger partial charge in [0.1, 0.15) is 18.1 Å². The Labute approximate surface area is 246 Å². The van der Waals surface area contributed by atoms with E-state index < -0.39 is 66.1 Å². The fraction of sp³-hybridized carbons (Fsp3) is 0.423. The molecule has 0 saturated carbocycles. The summed E-state index contributed by atoms with van der Waals surface area (Å²) in [6, 6.07) is 2.05. The number of nitrogens with one attached hydrogen (secondary N) is 4. The lowest BCUT2D eigenvalue weighted by Crippen LogP contribution is -2.57. The zero-order valence-electron chi connectivity index (χ0n) is 23.4. The molecule has 1 aromatic carbocycles. The molecule has 0 fully saturated rings. The Morgan fingerprint density at radius 1 is 0.837 bits per heavy atom. The van der Waals surface area contributed by atoms with E-state index in [1.165, 1.54) is 0 Å². The fourth-order valence-corrected chi connectivity index (χ4v) is 4.18. The number of amides is 5. The van der Waals surface area contributed by atoms with E-state index in [2.05, 4.69) is 25.9 Å². The van der Waals surface area contributed by atoms with Gasteiger partial charge < -0.3 is 54.7 Å². The highest BCUT2D eigenvalue weighted by Crippen LogP contribution is 2.19. The number of hydrogen-bond acceptors (Lipinski definition) is 8. The molecule has 0 aliphatic carbocycles. The number of carboxylic acid groups (broad SMARTS) is 1. The predicted octanol–water partition coefficient (Wildman–Crippen LogP) is -3.23. The number of H-pyrrole nitrogens is 1. The van der Waals surface area contributed by atoms with Crippen LogP contribution < -0.4 is 44.6 Å². The summed E-state index contributed by atoms with van der Waals surface area (Å²) in [7, 11) is 0. The van der Waals surface area contributed by atoms with Gasteiger partial charge in [0.2, 0.25) is 29.5 Å². The number of aliphatic imine (C=N–C) groups is 1. The van der Waals surface area contributed by atoms with Crippen LogP contribution in [0.4, 0.5) is 0 Å².